The number of ether oxygens (including phenoxy) is 1. The zero-order valence-electron chi connectivity index (χ0n) is 32.1. The fourth-order valence-electron chi connectivity index (χ4n) is 7.45. The minimum atomic E-state index is -4.61. The second kappa shape index (κ2) is 16.5. The summed E-state index contributed by atoms with van der Waals surface area (Å²) in [4.78, 5) is 73.4. The molecule has 3 heterocycles. The van der Waals surface area contributed by atoms with Gasteiger partial charge in [0.2, 0.25) is 11.8 Å². The number of carbonyl (C=O) groups excluding carboxylic acids is 5. The molecule has 2 aromatic carbocycles. The van der Waals surface area contributed by atoms with Crippen molar-refractivity contribution in [1.82, 2.24) is 30.1 Å². The molecule has 3 N–H and O–H groups in total. The summed E-state index contributed by atoms with van der Waals surface area (Å²) < 4.78 is 49.4. The number of carbonyl (C=O) groups is 5. The van der Waals surface area contributed by atoms with Crippen LogP contribution in [0.3, 0.4) is 0 Å². The smallest absolute Gasteiger partial charge is 0.410 e. The Morgan fingerprint density at radius 2 is 1.74 bits per heavy atom. The molecule has 2 aromatic rings. The summed E-state index contributed by atoms with van der Waals surface area (Å²) in [5, 5.41) is 5.19. The molecule has 0 bridgehead atoms. The highest BCUT2D eigenvalue weighted by atomic mass is 35.5. The van der Waals surface area contributed by atoms with Gasteiger partial charge in [0.05, 0.1) is 23.1 Å². The van der Waals surface area contributed by atoms with Crippen LogP contribution in [0.4, 0.5) is 14.0 Å². The number of allylic oxidation sites excluding steroid dienone is 1. The molecular formula is C39H47Cl2FN6O8S. The van der Waals surface area contributed by atoms with Gasteiger partial charge in [0.15, 0.2) is 0 Å². The summed E-state index contributed by atoms with van der Waals surface area (Å²) in [5.41, 5.74) is -1.30. The Kier molecular flexibility index (Phi) is 12.2. The van der Waals surface area contributed by atoms with E-state index in [0.717, 1.165) is 6.42 Å². The molecule has 0 unspecified atom stereocenters. The van der Waals surface area contributed by atoms with Gasteiger partial charge in [0, 0.05) is 37.0 Å². The lowest BCUT2D eigenvalue weighted by molar-refractivity contribution is -0.141. The minimum absolute atomic E-state index is 0.0234. The van der Waals surface area contributed by atoms with Gasteiger partial charge in [-0.05, 0) is 70.2 Å². The Labute approximate surface area is 341 Å². The predicted octanol–water partition coefficient (Wildman–Crippen LogP) is 5.26. The van der Waals surface area contributed by atoms with Crippen LogP contribution < -0.4 is 15.4 Å². The number of benzene rings is 2. The SMILES string of the molecule is CN(C(=O)N[C@H]1CCCCCC=C[C@@H]2C[C@@]2(C(=O)NS(=O)(=O)c2c(Cl)cccc2Cl)NC(=O)[C@@H]2C[C@@H](OC(=O)N3Cc4cccc(F)c4C3)CN2C1=O)C(C)(C)C. The molecule has 0 spiro atoms. The molecule has 18 heteroatoms. The molecule has 14 nitrogen and oxygen atoms in total. The van der Waals surface area contributed by atoms with E-state index in [1.54, 1.807) is 25.3 Å². The van der Waals surface area contributed by atoms with Crippen molar-refractivity contribution in [2.24, 2.45) is 5.92 Å². The first-order valence-corrected chi connectivity index (χ1v) is 21.1. The maximum atomic E-state index is 14.5. The van der Waals surface area contributed by atoms with Crippen LogP contribution in [-0.2, 0) is 42.2 Å². The van der Waals surface area contributed by atoms with E-state index < -0.39 is 85.8 Å². The molecule has 0 aromatic heterocycles. The molecule has 0 radical (unpaired) electrons. The first-order valence-electron chi connectivity index (χ1n) is 18.9. The molecule has 3 aliphatic heterocycles. The van der Waals surface area contributed by atoms with Gasteiger partial charge < -0.3 is 25.2 Å². The maximum Gasteiger partial charge on any atom is 0.410 e. The van der Waals surface area contributed by atoms with Crippen LogP contribution in [0.1, 0.15) is 76.8 Å². The fraction of sp³-hybridized carbons (Fsp3) is 0.513. The van der Waals surface area contributed by atoms with Gasteiger partial charge in [-0.2, -0.15) is 0 Å². The van der Waals surface area contributed by atoms with E-state index >= 15 is 0 Å². The second-order valence-corrected chi connectivity index (χ2v) is 18.5. The van der Waals surface area contributed by atoms with Crippen LogP contribution in [-0.4, -0.2) is 95.8 Å². The Bertz CT molecular complexity index is 2080. The fourth-order valence-corrected chi connectivity index (χ4v) is 9.63. The molecular weight excluding hydrogens is 802 g/mol. The van der Waals surface area contributed by atoms with Gasteiger partial charge in [-0.3, -0.25) is 19.3 Å². The molecule has 5 atom stereocenters. The molecule has 4 aliphatic rings. The molecule has 6 rings (SSSR count). The average molecular weight is 850 g/mol. The monoisotopic (exact) mass is 848 g/mol. The molecule has 1 saturated heterocycles. The van der Waals surface area contributed by atoms with Crippen LogP contribution in [0.25, 0.3) is 0 Å². The van der Waals surface area contributed by atoms with E-state index in [9.17, 15) is 36.8 Å². The molecule has 2 fully saturated rings. The van der Waals surface area contributed by atoms with E-state index in [1.165, 1.54) is 39.0 Å². The first kappa shape index (κ1) is 42.2. The quantitative estimate of drug-likeness (QED) is 0.342. The third-order valence-electron chi connectivity index (χ3n) is 11.1. The molecule has 1 saturated carbocycles. The number of halogens is 3. The lowest BCUT2D eigenvalue weighted by Crippen LogP contribution is -2.59. The number of nitrogens with one attached hydrogen (secondary N) is 3. The summed E-state index contributed by atoms with van der Waals surface area (Å²) in [6.07, 6.45) is 4.60. The first-order chi connectivity index (χ1) is 26.8. The second-order valence-electron chi connectivity index (χ2n) is 16.0. The highest BCUT2D eigenvalue weighted by Gasteiger charge is 2.62. The summed E-state index contributed by atoms with van der Waals surface area (Å²) in [5.74, 6) is -3.45. The zero-order chi connectivity index (χ0) is 41.4. The summed E-state index contributed by atoms with van der Waals surface area (Å²) in [6, 6.07) is 5.81. The Hall–Kier alpha value is -4.41. The van der Waals surface area contributed by atoms with Gasteiger partial charge in [-0.1, -0.05) is 66.4 Å². The van der Waals surface area contributed by atoms with Crippen LogP contribution >= 0.6 is 23.2 Å². The van der Waals surface area contributed by atoms with Crippen molar-refractivity contribution in [2.75, 3.05) is 13.6 Å². The van der Waals surface area contributed by atoms with E-state index in [-0.39, 0.29) is 48.9 Å². The van der Waals surface area contributed by atoms with E-state index in [4.69, 9.17) is 27.9 Å². The van der Waals surface area contributed by atoms with Gasteiger partial charge in [0.25, 0.3) is 15.9 Å². The van der Waals surface area contributed by atoms with Crippen LogP contribution in [0, 0.1) is 11.7 Å². The number of hydrogen-bond acceptors (Lipinski definition) is 8. The summed E-state index contributed by atoms with van der Waals surface area (Å²) in [7, 11) is -3.00. The average Bonchev–Trinajstić information content (AvgIpc) is 3.42. The van der Waals surface area contributed by atoms with Crippen molar-refractivity contribution in [1.29, 1.82) is 0 Å². The third kappa shape index (κ3) is 9.02. The standard InChI is InChI=1S/C39H47Cl2FN6O8S/c1-38(2,3)46(4)36(52)43-30-17-9-7-5-6-8-13-24-19-39(24,35(51)45-57(54,55)32-27(40)14-11-15-28(32)41)44-33(49)31-18-25(21-48(31)34(30)50)56-37(53)47-20-23-12-10-16-29(42)26(23)22-47/h8,10-16,24-25,30-31H,5-7,9,17-22H2,1-4H3,(H,43,52)(H,44,49)(H,45,51)/t24-,25-,30+,31+,39-/m1/s1. The topological polar surface area (TPSA) is 175 Å². The van der Waals surface area contributed by atoms with Crippen molar-refractivity contribution in [2.45, 2.75) is 113 Å². The van der Waals surface area contributed by atoms with Gasteiger partial charge >= 0.3 is 12.1 Å². The Morgan fingerprint density at radius 3 is 2.42 bits per heavy atom. The summed E-state index contributed by atoms with van der Waals surface area (Å²) in [6.45, 7) is 5.39. The van der Waals surface area contributed by atoms with Gasteiger partial charge in [0.1, 0.15) is 34.4 Å². The number of urea groups is 1. The van der Waals surface area contributed by atoms with Crippen molar-refractivity contribution < 1.29 is 41.5 Å². The van der Waals surface area contributed by atoms with Gasteiger partial charge in [-0.15, -0.1) is 0 Å². The van der Waals surface area contributed by atoms with E-state index in [1.807, 2.05) is 26.8 Å². The highest BCUT2D eigenvalue weighted by Crippen LogP contribution is 2.46. The van der Waals surface area contributed by atoms with Crippen molar-refractivity contribution in [3.8, 4) is 0 Å². The largest absolute Gasteiger partial charge is 0.444 e. The van der Waals surface area contributed by atoms with Crippen LogP contribution in [0.5, 0.6) is 0 Å². The lowest BCUT2D eigenvalue weighted by Gasteiger charge is -2.35. The highest BCUT2D eigenvalue weighted by molar-refractivity contribution is 7.90. The van der Waals surface area contributed by atoms with Crippen LogP contribution in [0.15, 0.2) is 53.4 Å². The summed E-state index contributed by atoms with van der Waals surface area (Å²) >= 11 is 12.4. The normalized spacial score (nSPS) is 25.2. The number of amides is 6. The molecule has 6 amide bonds. The number of fused-ring (bicyclic) bond motifs is 3. The Balaban J connectivity index is 1.29. The molecule has 1 aliphatic carbocycles. The molecule has 57 heavy (non-hydrogen) atoms. The lowest BCUT2D eigenvalue weighted by atomic mass is 10.0. The number of nitrogens with zero attached hydrogens (tertiary/aromatic N) is 3. The predicted molar refractivity (Wildman–Crippen MR) is 209 cm³/mol. The number of sulfonamides is 1. The van der Waals surface area contributed by atoms with Gasteiger partial charge in [-0.25, -0.2) is 27.1 Å². The third-order valence-corrected chi connectivity index (χ3v) is 13.4. The van der Waals surface area contributed by atoms with Crippen molar-refractivity contribution >= 4 is 63.1 Å². The van der Waals surface area contributed by atoms with Crippen molar-refractivity contribution in [3.05, 3.63) is 75.5 Å². The molecule has 308 valence electrons. The van der Waals surface area contributed by atoms with Crippen LogP contribution in [0.2, 0.25) is 10.0 Å². The van der Waals surface area contributed by atoms with E-state index in [2.05, 4.69) is 15.4 Å². The van der Waals surface area contributed by atoms with Crippen molar-refractivity contribution in [3.63, 3.8) is 0 Å². The van der Waals surface area contributed by atoms with E-state index in [0.29, 0.717) is 30.4 Å². The number of rotatable bonds is 5. The maximum absolute atomic E-state index is 14.5. The Morgan fingerprint density at radius 1 is 1.04 bits per heavy atom. The minimum Gasteiger partial charge on any atom is -0.444 e. The zero-order valence-corrected chi connectivity index (χ0v) is 34.5. The number of hydrogen-bond donors (Lipinski definition) is 3.